The summed E-state index contributed by atoms with van der Waals surface area (Å²) in [5.41, 5.74) is 1.48. The first kappa shape index (κ1) is 13.9. The van der Waals surface area contributed by atoms with Crippen molar-refractivity contribution in [2.24, 2.45) is 0 Å². The highest BCUT2D eigenvalue weighted by Gasteiger charge is 2.29. The van der Waals surface area contributed by atoms with Gasteiger partial charge in [-0.25, -0.2) is 4.39 Å². The molecule has 2 heterocycles. The quantitative estimate of drug-likeness (QED) is 0.729. The van der Waals surface area contributed by atoms with Crippen molar-refractivity contribution >= 4 is 16.8 Å². The topological polar surface area (TPSA) is 38.1 Å². The Labute approximate surface area is 133 Å². The second-order valence-corrected chi connectivity index (χ2v) is 5.85. The molecule has 1 aliphatic rings. The number of benzene rings is 2. The molecule has 0 saturated carbocycles. The highest BCUT2D eigenvalue weighted by Crippen LogP contribution is 2.27. The number of hydrogen-bond acceptors (Lipinski definition) is 2. The average Bonchev–Trinajstić information content (AvgIpc) is 3.21. The molecule has 1 fully saturated rings. The molecule has 1 amide bonds. The zero-order valence-corrected chi connectivity index (χ0v) is 12.5. The standard InChI is InChI=1S/C18H16FN3O/c19-15-7-6-14-11-20-22(17(14)10-15)16-8-9-21(12-16)18(23)13-4-2-1-3-5-13/h1-7,10-11,16H,8-9,12H2. The maximum Gasteiger partial charge on any atom is 0.253 e. The molecule has 0 radical (unpaired) electrons. The van der Waals surface area contributed by atoms with Crippen LogP contribution in [0.1, 0.15) is 22.8 Å². The third-order valence-electron chi connectivity index (χ3n) is 4.38. The Morgan fingerprint density at radius 2 is 2.00 bits per heavy atom. The van der Waals surface area contributed by atoms with Crippen molar-refractivity contribution in [1.82, 2.24) is 14.7 Å². The third kappa shape index (κ3) is 2.48. The van der Waals surface area contributed by atoms with Gasteiger partial charge in [-0.05, 0) is 36.8 Å². The van der Waals surface area contributed by atoms with Crippen LogP contribution < -0.4 is 0 Å². The number of halogens is 1. The van der Waals surface area contributed by atoms with Gasteiger partial charge in [-0.3, -0.25) is 9.48 Å². The number of rotatable bonds is 2. The van der Waals surface area contributed by atoms with E-state index in [9.17, 15) is 9.18 Å². The minimum absolute atomic E-state index is 0.0377. The van der Waals surface area contributed by atoms with Crippen molar-refractivity contribution in [3.05, 3.63) is 66.1 Å². The Kier molecular flexibility index (Phi) is 3.33. The fourth-order valence-electron chi connectivity index (χ4n) is 3.19. The van der Waals surface area contributed by atoms with E-state index in [1.165, 1.54) is 12.1 Å². The predicted octanol–water partition coefficient (Wildman–Crippen LogP) is 3.26. The first-order valence-electron chi connectivity index (χ1n) is 7.69. The highest BCUT2D eigenvalue weighted by atomic mass is 19.1. The Balaban J connectivity index is 1.58. The molecular weight excluding hydrogens is 293 g/mol. The molecule has 4 nitrogen and oxygen atoms in total. The van der Waals surface area contributed by atoms with Gasteiger partial charge in [0, 0.05) is 24.0 Å². The van der Waals surface area contributed by atoms with Gasteiger partial charge in [0.1, 0.15) is 5.82 Å². The smallest absolute Gasteiger partial charge is 0.253 e. The average molecular weight is 309 g/mol. The van der Waals surface area contributed by atoms with E-state index in [0.717, 1.165) is 17.3 Å². The van der Waals surface area contributed by atoms with Crippen LogP contribution in [0.25, 0.3) is 10.9 Å². The largest absolute Gasteiger partial charge is 0.336 e. The highest BCUT2D eigenvalue weighted by molar-refractivity contribution is 5.94. The molecule has 5 heteroatoms. The van der Waals surface area contributed by atoms with Crippen LogP contribution in [0.5, 0.6) is 0 Å². The Hall–Kier alpha value is -2.69. The number of likely N-dealkylation sites (tertiary alicyclic amines) is 1. The molecule has 1 unspecified atom stereocenters. The van der Waals surface area contributed by atoms with Gasteiger partial charge in [-0.15, -0.1) is 0 Å². The van der Waals surface area contributed by atoms with E-state index >= 15 is 0 Å². The minimum atomic E-state index is -0.269. The van der Waals surface area contributed by atoms with Gasteiger partial charge in [0.05, 0.1) is 17.8 Å². The van der Waals surface area contributed by atoms with E-state index in [-0.39, 0.29) is 17.8 Å². The van der Waals surface area contributed by atoms with Crippen LogP contribution in [0.3, 0.4) is 0 Å². The molecule has 0 bridgehead atoms. The molecule has 1 atom stereocenters. The van der Waals surface area contributed by atoms with Crippen LogP contribution in [-0.4, -0.2) is 33.7 Å². The van der Waals surface area contributed by atoms with Gasteiger partial charge in [-0.1, -0.05) is 18.2 Å². The molecular formula is C18H16FN3O. The molecule has 0 aliphatic carbocycles. The van der Waals surface area contributed by atoms with Crippen molar-refractivity contribution in [1.29, 1.82) is 0 Å². The summed E-state index contributed by atoms with van der Waals surface area (Å²) >= 11 is 0. The third-order valence-corrected chi connectivity index (χ3v) is 4.38. The number of nitrogens with zero attached hydrogens (tertiary/aromatic N) is 3. The Morgan fingerprint density at radius 1 is 1.17 bits per heavy atom. The normalized spacial score (nSPS) is 17.8. The molecule has 2 aromatic carbocycles. The van der Waals surface area contributed by atoms with Crippen LogP contribution in [0.2, 0.25) is 0 Å². The summed E-state index contributed by atoms with van der Waals surface area (Å²) in [6.07, 6.45) is 2.57. The second kappa shape index (κ2) is 5.50. The number of hydrogen-bond donors (Lipinski definition) is 0. The van der Waals surface area contributed by atoms with Gasteiger partial charge >= 0.3 is 0 Å². The number of carbonyl (C=O) groups excluding carboxylic acids is 1. The number of aromatic nitrogens is 2. The lowest BCUT2D eigenvalue weighted by atomic mass is 10.2. The van der Waals surface area contributed by atoms with Crippen molar-refractivity contribution in [3.63, 3.8) is 0 Å². The van der Waals surface area contributed by atoms with Gasteiger partial charge in [-0.2, -0.15) is 5.10 Å². The van der Waals surface area contributed by atoms with Gasteiger partial charge in [0.15, 0.2) is 0 Å². The van der Waals surface area contributed by atoms with E-state index < -0.39 is 0 Å². The molecule has 4 rings (SSSR count). The van der Waals surface area contributed by atoms with E-state index in [1.54, 1.807) is 12.3 Å². The fraction of sp³-hybridized carbons (Fsp3) is 0.222. The molecule has 1 saturated heterocycles. The van der Waals surface area contributed by atoms with Gasteiger partial charge in [0.25, 0.3) is 5.91 Å². The number of amides is 1. The minimum Gasteiger partial charge on any atom is -0.336 e. The fourth-order valence-corrected chi connectivity index (χ4v) is 3.19. The zero-order valence-electron chi connectivity index (χ0n) is 12.5. The Morgan fingerprint density at radius 3 is 2.83 bits per heavy atom. The zero-order chi connectivity index (χ0) is 15.8. The first-order chi connectivity index (χ1) is 11.2. The first-order valence-corrected chi connectivity index (χ1v) is 7.69. The summed E-state index contributed by atoms with van der Waals surface area (Å²) in [5.74, 6) is -0.231. The monoisotopic (exact) mass is 309 g/mol. The lowest BCUT2D eigenvalue weighted by Gasteiger charge is -2.17. The number of carbonyl (C=O) groups is 1. The number of fused-ring (bicyclic) bond motifs is 1. The van der Waals surface area contributed by atoms with Gasteiger partial charge < -0.3 is 4.90 Å². The van der Waals surface area contributed by atoms with E-state index in [0.29, 0.717) is 18.7 Å². The molecule has 1 aromatic heterocycles. The molecule has 0 N–H and O–H groups in total. The van der Waals surface area contributed by atoms with E-state index in [2.05, 4.69) is 5.10 Å². The maximum atomic E-state index is 13.5. The van der Waals surface area contributed by atoms with Crippen LogP contribution >= 0.6 is 0 Å². The van der Waals surface area contributed by atoms with Crippen molar-refractivity contribution in [2.75, 3.05) is 13.1 Å². The summed E-state index contributed by atoms with van der Waals surface area (Å²) in [4.78, 5) is 14.4. The van der Waals surface area contributed by atoms with Crippen LogP contribution in [0.15, 0.2) is 54.7 Å². The summed E-state index contributed by atoms with van der Waals surface area (Å²) < 4.78 is 15.3. The Bertz CT molecular complexity index is 859. The van der Waals surface area contributed by atoms with Crippen LogP contribution in [0.4, 0.5) is 4.39 Å². The molecule has 116 valence electrons. The summed E-state index contributed by atoms with van der Waals surface area (Å²) in [6, 6.07) is 14.0. The second-order valence-electron chi connectivity index (χ2n) is 5.85. The lowest BCUT2D eigenvalue weighted by molar-refractivity contribution is 0.0787. The lowest BCUT2D eigenvalue weighted by Crippen LogP contribution is -2.29. The van der Waals surface area contributed by atoms with E-state index in [4.69, 9.17) is 0 Å². The maximum absolute atomic E-state index is 13.5. The summed E-state index contributed by atoms with van der Waals surface area (Å²) in [5, 5.41) is 5.31. The summed E-state index contributed by atoms with van der Waals surface area (Å²) in [6.45, 7) is 1.29. The molecule has 1 aliphatic heterocycles. The van der Waals surface area contributed by atoms with Crippen molar-refractivity contribution < 1.29 is 9.18 Å². The van der Waals surface area contributed by atoms with Crippen LogP contribution in [0, 0.1) is 5.82 Å². The molecule has 3 aromatic rings. The van der Waals surface area contributed by atoms with Gasteiger partial charge in [0.2, 0.25) is 0 Å². The van der Waals surface area contributed by atoms with E-state index in [1.807, 2.05) is 39.9 Å². The van der Waals surface area contributed by atoms with Crippen molar-refractivity contribution in [2.45, 2.75) is 12.5 Å². The summed E-state index contributed by atoms with van der Waals surface area (Å²) in [7, 11) is 0. The predicted molar refractivity (Wildman–Crippen MR) is 85.7 cm³/mol. The molecule has 23 heavy (non-hydrogen) atoms. The SMILES string of the molecule is O=C(c1ccccc1)N1CCC(n2ncc3ccc(F)cc32)C1. The van der Waals surface area contributed by atoms with Crippen molar-refractivity contribution in [3.8, 4) is 0 Å². The van der Waals surface area contributed by atoms with Crippen LogP contribution in [-0.2, 0) is 0 Å². The molecule has 0 spiro atoms.